The van der Waals surface area contributed by atoms with Crippen LogP contribution in [0.2, 0.25) is 0 Å². The number of rotatable bonds is 3. The molecule has 3 heterocycles. The number of hydrogen-bond donors (Lipinski definition) is 1. The molecule has 8 heteroatoms. The number of aryl methyl sites for hydroxylation is 1. The van der Waals surface area contributed by atoms with E-state index in [9.17, 15) is 13.9 Å². The van der Waals surface area contributed by atoms with E-state index in [0.717, 1.165) is 38.4 Å². The first-order valence-corrected chi connectivity index (χ1v) is 9.10. The highest BCUT2D eigenvalue weighted by Gasteiger charge is 2.30. The Balaban J connectivity index is 1.84. The third-order valence-electron chi connectivity index (χ3n) is 4.57. The molecule has 1 saturated heterocycles. The molecule has 3 aromatic rings. The van der Waals surface area contributed by atoms with E-state index in [1.165, 1.54) is 21.9 Å². The molecule has 1 aliphatic heterocycles. The van der Waals surface area contributed by atoms with Crippen LogP contribution in [0.3, 0.4) is 0 Å². The lowest BCUT2D eigenvalue weighted by atomic mass is 10.00. The predicted molar refractivity (Wildman–Crippen MR) is 90.9 cm³/mol. The van der Waals surface area contributed by atoms with Gasteiger partial charge in [0.1, 0.15) is 5.82 Å². The van der Waals surface area contributed by atoms with Crippen LogP contribution in [0.25, 0.3) is 4.96 Å². The lowest BCUT2D eigenvalue weighted by Gasteiger charge is -2.34. The van der Waals surface area contributed by atoms with Crippen LogP contribution in [0, 0.1) is 18.6 Å². The van der Waals surface area contributed by atoms with Crippen LogP contribution >= 0.6 is 11.3 Å². The van der Waals surface area contributed by atoms with Crippen LogP contribution in [-0.2, 0) is 0 Å². The summed E-state index contributed by atoms with van der Waals surface area (Å²) in [6.45, 7) is 3.45. The summed E-state index contributed by atoms with van der Waals surface area (Å²) in [5.74, 6) is -1.16. The molecule has 1 aliphatic rings. The Labute approximate surface area is 147 Å². The van der Waals surface area contributed by atoms with Gasteiger partial charge in [0.25, 0.3) is 0 Å². The number of aromatic hydroxyl groups is 1. The quantitative estimate of drug-likeness (QED) is 0.771. The van der Waals surface area contributed by atoms with Crippen molar-refractivity contribution in [2.45, 2.75) is 32.2 Å². The van der Waals surface area contributed by atoms with Crippen LogP contribution in [0.1, 0.15) is 41.6 Å². The van der Waals surface area contributed by atoms with Gasteiger partial charge in [-0.2, -0.15) is 4.52 Å². The van der Waals surface area contributed by atoms with Crippen molar-refractivity contribution in [2.75, 3.05) is 13.1 Å². The second kappa shape index (κ2) is 6.34. The molecule has 1 unspecified atom stereocenters. The molecule has 1 fully saturated rings. The Morgan fingerprint density at radius 1 is 1.16 bits per heavy atom. The molecule has 2 aromatic heterocycles. The Hall–Kier alpha value is -2.06. The SMILES string of the molecule is Cc1nc2sc(C(c3ccc(F)c(F)c3)N3CCCCC3)c(O)n2n1. The summed E-state index contributed by atoms with van der Waals surface area (Å²) in [6.07, 6.45) is 3.24. The minimum Gasteiger partial charge on any atom is -0.492 e. The number of nitrogens with zero attached hydrogens (tertiary/aromatic N) is 4. The zero-order valence-corrected chi connectivity index (χ0v) is 14.6. The maximum absolute atomic E-state index is 13.8. The number of piperidine rings is 1. The van der Waals surface area contributed by atoms with Crippen molar-refractivity contribution in [3.05, 3.63) is 46.1 Å². The molecule has 0 aliphatic carbocycles. The van der Waals surface area contributed by atoms with E-state index in [2.05, 4.69) is 15.0 Å². The lowest BCUT2D eigenvalue weighted by Crippen LogP contribution is -2.34. The van der Waals surface area contributed by atoms with E-state index in [0.29, 0.717) is 21.2 Å². The van der Waals surface area contributed by atoms with E-state index in [1.54, 1.807) is 13.0 Å². The second-order valence-corrected chi connectivity index (χ2v) is 7.33. The van der Waals surface area contributed by atoms with Gasteiger partial charge >= 0.3 is 0 Å². The number of halogens is 2. The highest BCUT2D eigenvalue weighted by molar-refractivity contribution is 7.17. The van der Waals surface area contributed by atoms with Crippen molar-refractivity contribution < 1.29 is 13.9 Å². The number of likely N-dealkylation sites (tertiary alicyclic amines) is 1. The third-order valence-corrected chi connectivity index (χ3v) is 5.64. The molecule has 0 radical (unpaired) electrons. The summed E-state index contributed by atoms with van der Waals surface area (Å²) in [7, 11) is 0. The van der Waals surface area contributed by atoms with Crippen LogP contribution in [-0.4, -0.2) is 37.7 Å². The fourth-order valence-corrected chi connectivity index (χ4v) is 4.58. The van der Waals surface area contributed by atoms with E-state index in [-0.39, 0.29) is 11.9 Å². The molecular weight excluding hydrogens is 346 g/mol. The minimum absolute atomic E-state index is 0.0147. The summed E-state index contributed by atoms with van der Waals surface area (Å²) in [5, 5.41) is 14.9. The van der Waals surface area contributed by atoms with Gasteiger partial charge < -0.3 is 5.11 Å². The summed E-state index contributed by atoms with van der Waals surface area (Å²) in [6, 6.07) is 3.59. The first-order chi connectivity index (χ1) is 12.0. The first kappa shape index (κ1) is 16.4. The van der Waals surface area contributed by atoms with Gasteiger partial charge in [-0.25, -0.2) is 13.8 Å². The van der Waals surface area contributed by atoms with Gasteiger partial charge in [-0.1, -0.05) is 23.8 Å². The maximum atomic E-state index is 13.8. The van der Waals surface area contributed by atoms with Gasteiger partial charge in [-0.3, -0.25) is 4.90 Å². The van der Waals surface area contributed by atoms with Crippen LogP contribution in [0.5, 0.6) is 5.88 Å². The molecule has 1 N–H and O–H groups in total. The van der Waals surface area contributed by atoms with E-state index in [1.807, 2.05) is 0 Å². The number of thiazole rings is 1. The molecule has 1 atom stereocenters. The Bertz CT molecular complexity index is 917. The van der Waals surface area contributed by atoms with E-state index in [4.69, 9.17) is 0 Å². The molecular formula is C17H18F2N4OS. The largest absolute Gasteiger partial charge is 0.492 e. The molecule has 5 nitrogen and oxygen atoms in total. The summed E-state index contributed by atoms with van der Waals surface area (Å²) in [5.41, 5.74) is 0.623. The zero-order chi connectivity index (χ0) is 17.6. The van der Waals surface area contributed by atoms with Crippen molar-refractivity contribution in [1.82, 2.24) is 19.5 Å². The Kier molecular flexibility index (Phi) is 4.16. The van der Waals surface area contributed by atoms with Crippen molar-refractivity contribution in [3.63, 3.8) is 0 Å². The van der Waals surface area contributed by atoms with Gasteiger partial charge in [0.05, 0.1) is 10.9 Å². The molecule has 25 heavy (non-hydrogen) atoms. The van der Waals surface area contributed by atoms with E-state index < -0.39 is 11.6 Å². The smallest absolute Gasteiger partial charge is 0.230 e. The predicted octanol–water partition coefficient (Wildman–Crippen LogP) is 3.66. The summed E-state index contributed by atoms with van der Waals surface area (Å²) < 4.78 is 28.6. The number of aromatic nitrogens is 3. The van der Waals surface area contributed by atoms with Crippen LogP contribution in [0.15, 0.2) is 18.2 Å². The Morgan fingerprint density at radius 3 is 2.60 bits per heavy atom. The Morgan fingerprint density at radius 2 is 1.92 bits per heavy atom. The number of benzene rings is 1. The zero-order valence-electron chi connectivity index (χ0n) is 13.7. The average molecular weight is 364 g/mol. The third kappa shape index (κ3) is 2.89. The fourth-order valence-electron chi connectivity index (χ4n) is 3.41. The van der Waals surface area contributed by atoms with Gasteiger partial charge in [-0.05, 0) is 50.6 Å². The maximum Gasteiger partial charge on any atom is 0.230 e. The topological polar surface area (TPSA) is 53.7 Å². The van der Waals surface area contributed by atoms with Crippen LogP contribution < -0.4 is 0 Å². The minimum atomic E-state index is -0.880. The molecule has 0 spiro atoms. The van der Waals surface area contributed by atoms with Crippen molar-refractivity contribution >= 4 is 16.3 Å². The van der Waals surface area contributed by atoms with Crippen molar-refractivity contribution in [3.8, 4) is 5.88 Å². The monoisotopic (exact) mass is 364 g/mol. The highest BCUT2D eigenvalue weighted by Crippen LogP contribution is 2.41. The molecule has 1 aromatic carbocycles. The lowest BCUT2D eigenvalue weighted by molar-refractivity contribution is 0.186. The number of hydrogen-bond acceptors (Lipinski definition) is 5. The molecule has 4 rings (SSSR count). The van der Waals surface area contributed by atoms with Crippen molar-refractivity contribution in [1.29, 1.82) is 0 Å². The second-order valence-electron chi connectivity index (χ2n) is 6.32. The normalized spacial score (nSPS) is 17.2. The highest BCUT2D eigenvalue weighted by atomic mass is 32.1. The van der Waals surface area contributed by atoms with Gasteiger partial charge in [-0.15, -0.1) is 5.10 Å². The van der Waals surface area contributed by atoms with Gasteiger partial charge in [0.15, 0.2) is 11.6 Å². The average Bonchev–Trinajstić information content (AvgIpc) is 3.10. The molecule has 0 bridgehead atoms. The summed E-state index contributed by atoms with van der Waals surface area (Å²) >= 11 is 1.33. The number of fused-ring (bicyclic) bond motifs is 1. The fraction of sp³-hybridized carbons (Fsp3) is 0.412. The summed E-state index contributed by atoms with van der Waals surface area (Å²) in [4.78, 5) is 7.76. The van der Waals surface area contributed by atoms with Crippen LogP contribution in [0.4, 0.5) is 8.78 Å². The molecule has 0 saturated carbocycles. The molecule has 0 amide bonds. The van der Waals surface area contributed by atoms with E-state index >= 15 is 0 Å². The van der Waals surface area contributed by atoms with Crippen molar-refractivity contribution in [2.24, 2.45) is 0 Å². The van der Waals surface area contributed by atoms with Gasteiger partial charge in [0, 0.05) is 0 Å². The van der Waals surface area contributed by atoms with Gasteiger partial charge in [0.2, 0.25) is 10.8 Å². The standard InChI is InChI=1S/C17H18F2N4OS/c1-10-20-17-23(21-10)16(24)15(25-17)14(22-7-3-2-4-8-22)11-5-6-12(18)13(19)9-11/h5-6,9,14,24H,2-4,7-8H2,1H3. The molecule has 132 valence electrons. The first-order valence-electron chi connectivity index (χ1n) is 8.28.